The summed E-state index contributed by atoms with van der Waals surface area (Å²) in [6, 6.07) is 0. The van der Waals surface area contributed by atoms with E-state index in [0.29, 0.717) is 39.1 Å². The third kappa shape index (κ3) is 9.35. The van der Waals surface area contributed by atoms with E-state index in [4.69, 9.17) is 4.74 Å². The molecule has 0 unspecified atom stereocenters. The fourth-order valence-electron chi connectivity index (χ4n) is 1.73. The standard InChI is InChI=1S/C14H26N2O4/c1-4-7-13(18)16(10-6-9-15-12(3)17)11-8-14(19)20-5-2/h4-11H2,1-3H3,(H,15,17). The van der Waals surface area contributed by atoms with Gasteiger partial charge in [-0.15, -0.1) is 0 Å². The molecular formula is C14H26N2O4. The molecule has 0 spiro atoms. The maximum absolute atomic E-state index is 11.9. The lowest BCUT2D eigenvalue weighted by Crippen LogP contribution is -2.35. The molecular weight excluding hydrogens is 260 g/mol. The Kier molecular flexibility index (Phi) is 10.4. The van der Waals surface area contributed by atoms with E-state index in [-0.39, 0.29) is 24.2 Å². The summed E-state index contributed by atoms with van der Waals surface area (Å²) in [4.78, 5) is 35.7. The monoisotopic (exact) mass is 286 g/mol. The van der Waals surface area contributed by atoms with Crippen LogP contribution in [0.5, 0.6) is 0 Å². The average molecular weight is 286 g/mol. The van der Waals surface area contributed by atoms with Crippen LogP contribution in [0.2, 0.25) is 0 Å². The quantitative estimate of drug-likeness (QED) is 0.482. The number of carbonyl (C=O) groups excluding carboxylic acids is 3. The van der Waals surface area contributed by atoms with Gasteiger partial charge in [0.15, 0.2) is 0 Å². The molecule has 0 saturated heterocycles. The minimum absolute atomic E-state index is 0.0413. The van der Waals surface area contributed by atoms with Crippen molar-refractivity contribution in [1.82, 2.24) is 10.2 Å². The topological polar surface area (TPSA) is 75.7 Å². The van der Waals surface area contributed by atoms with Crippen LogP contribution >= 0.6 is 0 Å². The number of ether oxygens (including phenoxy) is 1. The Balaban J connectivity index is 4.16. The van der Waals surface area contributed by atoms with Crippen molar-refractivity contribution < 1.29 is 19.1 Å². The van der Waals surface area contributed by atoms with Crippen LogP contribution in [0.3, 0.4) is 0 Å². The van der Waals surface area contributed by atoms with Crippen molar-refractivity contribution in [3.63, 3.8) is 0 Å². The van der Waals surface area contributed by atoms with E-state index < -0.39 is 0 Å². The lowest BCUT2D eigenvalue weighted by Gasteiger charge is -2.22. The molecule has 0 aromatic rings. The first-order chi connectivity index (χ1) is 9.51. The van der Waals surface area contributed by atoms with E-state index in [9.17, 15) is 14.4 Å². The maximum Gasteiger partial charge on any atom is 0.307 e. The second-order valence-electron chi connectivity index (χ2n) is 4.52. The number of hydrogen-bond donors (Lipinski definition) is 1. The van der Waals surface area contributed by atoms with E-state index in [1.165, 1.54) is 6.92 Å². The van der Waals surface area contributed by atoms with E-state index in [1.807, 2.05) is 6.92 Å². The first-order valence-electron chi connectivity index (χ1n) is 7.19. The lowest BCUT2D eigenvalue weighted by atomic mass is 10.2. The van der Waals surface area contributed by atoms with Crippen molar-refractivity contribution in [1.29, 1.82) is 0 Å². The second kappa shape index (κ2) is 11.3. The molecule has 0 aromatic carbocycles. The van der Waals surface area contributed by atoms with Gasteiger partial charge in [0.2, 0.25) is 11.8 Å². The lowest BCUT2D eigenvalue weighted by molar-refractivity contribution is -0.144. The molecule has 6 nitrogen and oxygen atoms in total. The van der Waals surface area contributed by atoms with Crippen LogP contribution in [-0.2, 0) is 19.1 Å². The molecule has 0 aliphatic carbocycles. The Morgan fingerprint density at radius 1 is 1.10 bits per heavy atom. The van der Waals surface area contributed by atoms with Crippen LogP contribution in [0, 0.1) is 0 Å². The Morgan fingerprint density at radius 2 is 1.80 bits per heavy atom. The fourth-order valence-corrected chi connectivity index (χ4v) is 1.73. The third-order valence-electron chi connectivity index (χ3n) is 2.69. The predicted molar refractivity (Wildman–Crippen MR) is 76.0 cm³/mol. The number of esters is 1. The summed E-state index contributed by atoms with van der Waals surface area (Å²) in [7, 11) is 0. The average Bonchev–Trinajstić information content (AvgIpc) is 2.38. The Morgan fingerprint density at radius 3 is 2.35 bits per heavy atom. The third-order valence-corrected chi connectivity index (χ3v) is 2.69. The minimum Gasteiger partial charge on any atom is -0.466 e. The highest BCUT2D eigenvalue weighted by Gasteiger charge is 2.14. The highest BCUT2D eigenvalue weighted by Crippen LogP contribution is 2.02. The normalized spacial score (nSPS) is 9.95. The van der Waals surface area contributed by atoms with Crippen LogP contribution in [0.4, 0.5) is 0 Å². The number of carbonyl (C=O) groups is 3. The van der Waals surface area contributed by atoms with Crippen LogP contribution in [-0.4, -0.2) is 48.9 Å². The van der Waals surface area contributed by atoms with E-state index in [0.717, 1.165) is 6.42 Å². The van der Waals surface area contributed by atoms with Gasteiger partial charge in [-0.25, -0.2) is 0 Å². The zero-order valence-electron chi connectivity index (χ0n) is 12.7. The molecule has 1 N–H and O–H groups in total. The number of amides is 2. The van der Waals surface area contributed by atoms with Gasteiger partial charge in [-0.1, -0.05) is 6.92 Å². The minimum atomic E-state index is -0.288. The fraction of sp³-hybridized carbons (Fsp3) is 0.786. The van der Waals surface area contributed by atoms with Crippen molar-refractivity contribution in [2.45, 2.75) is 46.5 Å². The van der Waals surface area contributed by atoms with Crippen molar-refractivity contribution in [2.24, 2.45) is 0 Å². The molecule has 0 heterocycles. The Hall–Kier alpha value is -1.59. The molecule has 0 rings (SSSR count). The van der Waals surface area contributed by atoms with E-state index in [2.05, 4.69) is 5.32 Å². The molecule has 0 atom stereocenters. The van der Waals surface area contributed by atoms with Gasteiger partial charge in [0.25, 0.3) is 0 Å². The molecule has 0 fully saturated rings. The van der Waals surface area contributed by atoms with Crippen LogP contribution < -0.4 is 5.32 Å². The summed E-state index contributed by atoms with van der Waals surface area (Å²) >= 11 is 0. The number of hydrogen-bond acceptors (Lipinski definition) is 4. The number of rotatable bonds is 10. The summed E-state index contributed by atoms with van der Waals surface area (Å²) < 4.78 is 4.86. The number of nitrogens with zero attached hydrogens (tertiary/aromatic N) is 1. The Labute approximate surface area is 120 Å². The van der Waals surface area contributed by atoms with Crippen LogP contribution in [0.1, 0.15) is 46.5 Å². The first kappa shape index (κ1) is 18.4. The van der Waals surface area contributed by atoms with Crippen LogP contribution in [0.15, 0.2) is 0 Å². The molecule has 0 saturated carbocycles. The summed E-state index contributed by atoms with van der Waals surface area (Å²) in [5, 5.41) is 2.69. The summed E-state index contributed by atoms with van der Waals surface area (Å²) in [5.41, 5.74) is 0. The highest BCUT2D eigenvalue weighted by molar-refractivity contribution is 5.77. The molecule has 0 aliphatic rings. The van der Waals surface area contributed by atoms with Crippen molar-refractivity contribution in [3.8, 4) is 0 Å². The largest absolute Gasteiger partial charge is 0.466 e. The summed E-state index contributed by atoms with van der Waals surface area (Å²) in [6.07, 6.45) is 2.14. The van der Waals surface area contributed by atoms with E-state index in [1.54, 1.807) is 11.8 Å². The smallest absolute Gasteiger partial charge is 0.307 e. The molecule has 0 aliphatic heterocycles. The van der Waals surface area contributed by atoms with Gasteiger partial charge < -0.3 is 15.0 Å². The molecule has 116 valence electrons. The zero-order chi connectivity index (χ0) is 15.4. The maximum atomic E-state index is 11.9. The Bertz CT molecular complexity index is 318. The van der Waals surface area contributed by atoms with Gasteiger partial charge in [0.05, 0.1) is 13.0 Å². The van der Waals surface area contributed by atoms with Crippen LogP contribution in [0.25, 0.3) is 0 Å². The van der Waals surface area contributed by atoms with Crippen molar-refractivity contribution in [2.75, 3.05) is 26.2 Å². The van der Waals surface area contributed by atoms with Gasteiger partial charge in [-0.05, 0) is 19.8 Å². The number of nitrogens with one attached hydrogen (secondary N) is 1. The molecule has 0 bridgehead atoms. The zero-order valence-corrected chi connectivity index (χ0v) is 12.7. The predicted octanol–water partition coefficient (Wildman–Crippen LogP) is 1.09. The van der Waals surface area contributed by atoms with Crippen molar-refractivity contribution in [3.05, 3.63) is 0 Å². The van der Waals surface area contributed by atoms with Gasteiger partial charge in [0.1, 0.15) is 0 Å². The highest BCUT2D eigenvalue weighted by atomic mass is 16.5. The molecule has 2 amide bonds. The van der Waals surface area contributed by atoms with Gasteiger partial charge in [-0.3, -0.25) is 14.4 Å². The molecule has 6 heteroatoms. The molecule has 0 aromatic heterocycles. The van der Waals surface area contributed by atoms with Crippen molar-refractivity contribution >= 4 is 17.8 Å². The van der Waals surface area contributed by atoms with Gasteiger partial charge in [0, 0.05) is 33.0 Å². The second-order valence-corrected chi connectivity index (χ2v) is 4.52. The molecule has 0 radical (unpaired) electrons. The summed E-state index contributed by atoms with van der Waals surface area (Å²) in [6.45, 7) is 6.95. The van der Waals surface area contributed by atoms with E-state index >= 15 is 0 Å². The SMILES string of the molecule is CCCC(=O)N(CCCNC(C)=O)CCC(=O)OCC. The van der Waals surface area contributed by atoms with Gasteiger partial charge in [-0.2, -0.15) is 0 Å². The van der Waals surface area contributed by atoms with Gasteiger partial charge >= 0.3 is 5.97 Å². The molecule has 20 heavy (non-hydrogen) atoms. The first-order valence-corrected chi connectivity index (χ1v) is 7.19. The summed E-state index contributed by atoms with van der Waals surface area (Å²) in [5.74, 6) is -0.328.